The first kappa shape index (κ1) is 44.2. The fraction of sp³-hybridized carbons (Fsp3) is 0.684. The standard InChI is InChI=1S/2C19H30F2N2O3/c2*1-11-18(26-10-19(2,3)4)25-9-16(23-11)17(24)15(22)7-12-5-13(20)8-14(21)6-12/h2*5-6,8,11,15-18,23-24H,7,9-10,22H2,1-4H3/t11-,15+,16-,17+,18+;11-,15-,16+,17-,18-/m10/s1. The van der Waals surface area contributed by atoms with E-state index in [4.69, 9.17) is 30.4 Å². The highest BCUT2D eigenvalue weighted by atomic mass is 19.1. The molecule has 2 aromatic carbocycles. The zero-order valence-corrected chi connectivity index (χ0v) is 31.7. The fourth-order valence-corrected chi connectivity index (χ4v) is 5.90. The molecule has 0 spiro atoms. The molecule has 2 saturated heterocycles. The molecule has 0 unspecified atom stereocenters. The second-order valence-electron chi connectivity index (χ2n) is 16.5. The average molecular weight is 745 g/mol. The van der Waals surface area contributed by atoms with Gasteiger partial charge in [0.25, 0.3) is 0 Å². The molecule has 52 heavy (non-hydrogen) atoms. The Labute approximate surface area is 305 Å². The van der Waals surface area contributed by atoms with Crippen molar-refractivity contribution < 1.29 is 46.7 Å². The van der Waals surface area contributed by atoms with Gasteiger partial charge in [0.2, 0.25) is 0 Å². The molecule has 0 saturated carbocycles. The number of hydrogen-bond donors (Lipinski definition) is 6. The lowest BCUT2D eigenvalue weighted by molar-refractivity contribution is -0.201. The Morgan fingerprint density at radius 3 is 1.23 bits per heavy atom. The topological polar surface area (TPSA) is 153 Å². The number of nitrogens with one attached hydrogen (secondary N) is 2. The molecular weight excluding hydrogens is 684 g/mol. The van der Waals surface area contributed by atoms with E-state index in [-0.39, 0.29) is 61.1 Å². The van der Waals surface area contributed by atoms with Gasteiger partial charge in [0, 0.05) is 24.2 Å². The molecule has 0 amide bonds. The minimum absolute atomic E-state index is 0.0298. The van der Waals surface area contributed by atoms with E-state index in [1.165, 1.54) is 24.3 Å². The molecule has 8 N–H and O–H groups in total. The van der Waals surface area contributed by atoms with Crippen LogP contribution in [0.3, 0.4) is 0 Å². The number of ether oxygens (including phenoxy) is 4. The van der Waals surface area contributed by atoms with Gasteiger partial charge >= 0.3 is 0 Å². The van der Waals surface area contributed by atoms with Crippen molar-refractivity contribution in [3.05, 3.63) is 70.8 Å². The van der Waals surface area contributed by atoms with Crippen molar-refractivity contribution in [2.24, 2.45) is 22.3 Å². The second-order valence-corrected chi connectivity index (χ2v) is 16.5. The molecule has 2 heterocycles. The first-order valence-electron chi connectivity index (χ1n) is 17.9. The highest BCUT2D eigenvalue weighted by Crippen LogP contribution is 2.21. The summed E-state index contributed by atoms with van der Waals surface area (Å²) in [5.74, 6) is -2.64. The Balaban J connectivity index is 0.000000280. The van der Waals surface area contributed by atoms with Crippen LogP contribution in [0.2, 0.25) is 0 Å². The van der Waals surface area contributed by atoms with Crippen molar-refractivity contribution in [3.63, 3.8) is 0 Å². The van der Waals surface area contributed by atoms with Crippen molar-refractivity contribution in [1.82, 2.24) is 10.6 Å². The average Bonchev–Trinajstić information content (AvgIpc) is 3.01. The van der Waals surface area contributed by atoms with Gasteiger partial charge in [0.15, 0.2) is 12.6 Å². The number of aliphatic hydroxyl groups excluding tert-OH is 2. The number of halogens is 4. The van der Waals surface area contributed by atoms with Gasteiger partial charge in [-0.05, 0) is 72.9 Å². The molecule has 10 nitrogen and oxygen atoms in total. The minimum Gasteiger partial charge on any atom is -0.390 e. The molecule has 14 heteroatoms. The third kappa shape index (κ3) is 14.9. The number of morpholine rings is 2. The SMILES string of the molecule is C[C@@H]1N[C@@H]([C@@H](O)[C@@H](N)Cc2cc(F)cc(F)c2)CO[C@H]1OCC(C)(C)C.C[C@H]1N[C@@H]([C@@H](O)[C@@H](N)Cc2cc(F)cc(F)c2)CO[C@H]1OCC(C)(C)C. The van der Waals surface area contributed by atoms with Gasteiger partial charge in [-0.15, -0.1) is 0 Å². The molecule has 296 valence electrons. The van der Waals surface area contributed by atoms with E-state index < -0.39 is 60.1 Å². The van der Waals surface area contributed by atoms with E-state index >= 15 is 0 Å². The summed E-state index contributed by atoms with van der Waals surface area (Å²) in [7, 11) is 0. The summed E-state index contributed by atoms with van der Waals surface area (Å²) in [5.41, 5.74) is 13.0. The summed E-state index contributed by atoms with van der Waals surface area (Å²) in [6.45, 7) is 17.9. The molecular formula is C38H60F4N4O6. The van der Waals surface area contributed by atoms with Crippen molar-refractivity contribution in [2.75, 3.05) is 26.4 Å². The molecule has 0 aliphatic carbocycles. The molecule has 0 radical (unpaired) electrons. The molecule has 0 bridgehead atoms. The van der Waals surface area contributed by atoms with E-state index in [0.29, 0.717) is 24.3 Å². The fourth-order valence-electron chi connectivity index (χ4n) is 5.90. The largest absolute Gasteiger partial charge is 0.390 e. The Hall–Kier alpha value is -2.24. The molecule has 10 atom stereocenters. The number of rotatable bonds is 12. The predicted octanol–water partition coefficient (Wildman–Crippen LogP) is 3.92. The van der Waals surface area contributed by atoms with Crippen molar-refractivity contribution in [2.45, 2.75) is 129 Å². The van der Waals surface area contributed by atoms with Crippen LogP contribution in [0.25, 0.3) is 0 Å². The Morgan fingerprint density at radius 2 is 0.962 bits per heavy atom. The van der Waals surface area contributed by atoms with Crippen LogP contribution in [-0.4, -0.2) is 97.7 Å². The summed E-state index contributed by atoms with van der Waals surface area (Å²) in [6.07, 6.45) is -2.32. The van der Waals surface area contributed by atoms with Crippen LogP contribution >= 0.6 is 0 Å². The molecule has 2 aliphatic heterocycles. The van der Waals surface area contributed by atoms with Gasteiger partial charge in [-0.25, -0.2) is 17.6 Å². The van der Waals surface area contributed by atoms with Gasteiger partial charge in [-0.3, -0.25) is 0 Å². The summed E-state index contributed by atoms with van der Waals surface area (Å²) in [4.78, 5) is 0. The Kier molecular flexibility index (Phi) is 16.5. The molecule has 4 rings (SSSR count). The summed E-state index contributed by atoms with van der Waals surface area (Å²) >= 11 is 0. The highest BCUT2D eigenvalue weighted by molar-refractivity contribution is 5.20. The van der Waals surface area contributed by atoms with Crippen LogP contribution in [0.1, 0.15) is 66.5 Å². The van der Waals surface area contributed by atoms with Gasteiger partial charge in [-0.2, -0.15) is 0 Å². The lowest BCUT2D eigenvalue weighted by Gasteiger charge is -2.39. The number of nitrogens with two attached hydrogens (primary N) is 2. The normalized spacial score (nSPS) is 26.5. The summed E-state index contributed by atoms with van der Waals surface area (Å²) < 4.78 is 76.2. The van der Waals surface area contributed by atoms with E-state index in [9.17, 15) is 27.8 Å². The lowest BCUT2D eigenvalue weighted by Crippen LogP contribution is -2.61. The number of aliphatic hydroxyl groups is 2. The van der Waals surface area contributed by atoms with E-state index in [1.807, 2.05) is 13.8 Å². The maximum Gasteiger partial charge on any atom is 0.172 e. The monoisotopic (exact) mass is 744 g/mol. The molecule has 2 aliphatic rings. The van der Waals surface area contributed by atoms with Crippen LogP contribution in [0.15, 0.2) is 36.4 Å². The Morgan fingerprint density at radius 1 is 0.654 bits per heavy atom. The predicted molar refractivity (Wildman–Crippen MR) is 191 cm³/mol. The van der Waals surface area contributed by atoms with Crippen molar-refractivity contribution >= 4 is 0 Å². The van der Waals surface area contributed by atoms with Gasteiger partial charge in [-0.1, -0.05) is 41.5 Å². The van der Waals surface area contributed by atoms with Crippen LogP contribution < -0.4 is 22.1 Å². The highest BCUT2D eigenvalue weighted by Gasteiger charge is 2.36. The molecule has 2 aromatic rings. The zero-order chi connectivity index (χ0) is 39.0. The summed E-state index contributed by atoms with van der Waals surface area (Å²) in [5, 5.41) is 27.5. The first-order valence-corrected chi connectivity index (χ1v) is 17.9. The number of benzene rings is 2. The molecule has 0 aromatic heterocycles. The summed E-state index contributed by atoms with van der Waals surface area (Å²) in [6, 6.07) is 4.13. The van der Waals surface area contributed by atoms with Crippen LogP contribution in [0, 0.1) is 34.1 Å². The Bertz CT molecular complexity index is 1250. The van der Waals surface area contributed by atoms with Crippen LogP contribution in [-0.2, 0) is 31.8 Å². The van der Waals surface area contributed by atoms with E-state index in [2.05, 4.69) is 52.2 Å². The maximum atomic E-state index is 13.3. The second kappa shape index (κ2) is 19.4. The van der Waals surface area contributed by atoms with E-state index in [1.54, 1.807) is 0 Å². The quantitative estimate of drug-likeness (QED) is 0.177. The van der Waals surface area contributed by atoms with Crippen LogP contribution in [0.5, 0.6) is 0 Å². The third-order valence-corrected chi connectivity index (χ3v) is 8.50. The van der Waals surface area contributed by atoms with Gasteiger partial charge < -0.3 is 51.3 Å². The zero-order valence-electron chi connectivity index (χ0n) is 31.7. The number of hydrogen-bond acceptors (Lipinski definition) is 10. The van der Waals surface area contributed by atoms with Crippen molar-refractivity contribution in [3.8, 4) is 0 Å². The van der Waals surface area contributed by atoms with Gasteiger partial charge in [0.05, 0.1) is 62.8 Å². The van der Waals surface area contributed by atoms with Crippen molar-refractivity contribution in [1.29, 1.82) is 0 Å². The third-order valence-electron chi connectivity index (χ3n) is 8.50. The van der Waals surface area contributed by atoms with E-state index in [0.717, 1.165) is 12.1 Å². The van der Waals surface area contributed by atoms with Gasteiger partial charge in [0.1, 0.15) is 23.3 Å². The smallest absolute Gasteiger partial charge is 0.172 e. The minimum atomic E-state index is -0.924. The lowest BCUT2D eigenvalue weighted by atomic mass is 9.96. The maximum absolute atomic E-state index is 13.3. The van der Waals surface area contributed by atoms with Crippen LogP contribution in [0.4, 0.5) is 17.6 Å². The first-order chi connectivity index (χ1) is 24.1. The molecule has 2 fully saturated rings.